The molecule has 5 heteroatoms. The van der Waals surface area contributed by atoms with Gasteiger partial charge in [0.05, 0.1) is 12.6 Å². The Balaban J connectivity index is 0.00000256. The van der Waals surface area contributed by atoms with Crippen LogP contribution in [0.2, 0.25) is 0 Å². The third-order valence-electron chi connectivity index (χ3n) is 2.31. The molecule has 4 nitrogen and oxygen atoms in total. The van der Waals surface area contributed by atoms with Gasteiger partial charge in [0, 0.05) is 5.69 Å². The lowest BCUT2D eigenvalue weighted by atomic mass is 10.1. The van der Waals surface area contributed by atoms with Crippen molar-refractivity contribution in [1.29, 1.82) is 0 Å². The minimum Gasteiger partial charge on any atom is -0.391 e. The Morgan fingerprint density at radius 3 is 2.59 bits per heavy atom. The van der Waals surface area contributed by atoms with E-state index >= 15 is 0 Å². The van der Waals surface area contributed by atoms with Crippen molar-refractivity contribution in [1.82, 2.24) is 0 Å². The molecule has 1 aromatic rings. The number of rotatable bonds is 3. The first-order chi connectivity index (χ1) is 7.49. The molecule has 1 aromatic carbocycles. The third-order valence-corrected chi connectivity index (χ3v) is 2.31. The molecule has 1 rings (SSSR count). The average Bonchev–Trinajstić information content (AvgIpc) is 2.21. The van der Waals surface area contributed by atoms with Gasteiger partial charge >= 0.3 is 0 Å². The molecule has 0 heterocycles. The molecule has 0 saturated carbocycles. The summed E-state index contributed by atoms with van der Waals surface area (Å²) in [6, 6.07) is 5.99. The summed E-state index contributed by atoms with van der Waals surface area (Å²) >= 11 is 0. The van der Waals surface area contributed by atoms with E-state index in [-0.39, 0.29) is 24.0 Å². The van der Waals surface area contributed by atoms with E-state index in [4.69, 9.17) is 10.8 Å². The molecule has 0 saturated heterocycles. The summed E-state index contributed by atoms with van der Waals surface area (Å²) in [6.07, 6.45) is -0.472. The highest BCUT2D eigenvalue weighted by atomic mass is 127. The van der Waals surface area contributed by atoms with Gasteiger partial charge in [0.15, 0.2) is 5.96 Å². The molecule has 0 aliphatic carbocycles. The molecule has 0 aromatic heterocycles. The molecule has 1 atom stereocenters. The Kier molecular flexibility index (Phi) is 7.13. The van der Waals surface area contributed by atoms with Crippen molar-refractivity contribution >= 4 is 35.6 Å². The fourth-order valence-electron chi connectivity index (χ4n) is 1.24. The highest BCUT2D eigenvalue weighted by Gasteiger charge is 1.98. The average molecular weight is 349 g/mol. The molecule has 0 spiro atoms. The number of anilines is 1. The number of aliphatic imine (C=N–C) groups is 1. The molecule has 0 amide bonds. The van der Waals surface area contributed by atoms with Crippen LogP contribution in [0.15, 0.2) is 23.2 Å². The number of nitrogens with zero attached hydrogens (tertiary/aromatic N) is 1. The van der Waals surface area contributed by atoms with E-state index < -0.39 is 6.10 Å². The SMILES string of the molecule is Cc1ccc(NC(N)=NCC(C)O)cc1C.I. The van der Waals surface area contributed by atoms with Crippen LogP contribution in [0.5, 0.6) is 0 Å². The zero-order valence-electron chi connectivity index (χ0n) is 10.4. The van der Waals surface area contributed by atoms with E-state index in [0.29, 0.717) is 12.5 Å². The second-order valence-electron chi connectivity index (χ2n) is 4.00. The van der Waals surface area contributed by atoms with Crippen LogP contribution in [0.3, 0.4) is 0 Å². The molecule has 0 aliphatic rings. The third kappa shape index (κ3) is 5.88. The van der Waals surface area contributed by atoms with Gasteiger partial charge < -0.3 is 16.2 Å². The van der Waals surface area contributed by atoms with Crippen molar-refractivity contribution in [2.24, 2.45) is 10.7 Å². The Bertz CT molecular complexity index is 391. The summed E-state index contributed by atoms with van der Waals surface area (Å²) in [5.74, 6) is 0.323. The molecule has 0 bridgehead atoms. The van der Waals surface area contributed by atoms with Crippen molar-refractivity contribution in [2.45, 2.75) is 26.9 Å². The molecule has 17 heavy (non-hydrogen) atoms. The van der Waals surface area contributed by atoms with Crippen LogP contribution in [-0.4, -0.2) is 23.7 Å². The van der Waals surface area contributed by atoms with Crippen LogP contribution < -0.4 is 11.1 Å². The summed E-state index contributed by atoms with van der Waals surface area (Å²) in [4.78, 5) is 4.00. The van der Waals surface area contributed by atoms with Gasteiger partial charge in [-0.1, -0.05) is 6.07 Å². The number of nitrogens with two attached hydrogens (primary N) is 1. The lowest BCUT2D eigenvalue weighted by Gasteiger charge is -2.08. The number of guanidine groups is 1. The first-order valence-electron chi connectivity index (χ1n) is 5.31. The summed E-state index contributed by atoms with van der Waals surface area (Å²) in [7, 11) is 0. The molecular weight excluding hydrogens is 329 g/mol. The minimum atomic E-state index is -0.472. The highest BCUT2D eigenvalue weighted by Crippen LogP contribution is 2.13. The molecule has 0 fully saturated rings. The van der Waals surface area contributed by atoms with Crippen LogP contribution in [0.25, 0.3) is 0 Å². The predicted octanol–water partition coefficient (Wildman–Crippen LogP) is 2.03. The van der Waals surface area contributed by atoms with E-state index in [1.165, 1.54) is 11.1 Å². The highest BCUT2D eigenvalue weighted by molar-refractivity contribution is 14.0. The van der Waals surface area contributed by atoms with Crippen LogP contribution in [0, 0.1) is 13.8 Å². The van der Waals surface area contributed by atoms with E-state index in [1.807, 2.05) is 25.1 Å². The van der Waals surface area contributed by atoms with Crippen LogP contribution in [0.1, 0.15) is 18.1 Å². The molecule has 1 unspecified atom stereocenters. The quantitative estimate of drug-likeness (QED) is 0.444. The van der Waals surface area contributed by atoms with Crippen LogP contribution in [0.4, 0.5) is 5.69 Å². The fraction of sp³-hybridized carbons (Fsp3) is 0.417. The van der Waals surface area contributed by atoms with Gasteiger partial charge in [-0.25, -0.2) is 0 Å². The largest absolute Gasteiger partial charge is 0.391 e. The second kappa shape index (κ2) is 7.50. The number of aliphatic hydroxyl groups is 1. The maximum atomic E-state index is 9.06. The Morgan fingerprint density at radius 1 is 1.41 bits per heavy atom. The Labute approximate surface area is 119 Å². The van der Waals surface area contributed by atoms with Gasteiger partial charge in [-0.05, 0) is 44.0 Å². The summed E-state index contributed by atoms with van der Waals surface area (Å²) < 4.78 is 0. The van der Waals surface area contributed by atoms with Gasteiger partial charge in [0.25, 0.3) is 0 Å². The van der Waals surface area contributed by atoms with Crippen molar-refractivity contribution in [3.8, 4) is 0 Å². The first kappa shape index (κ1) is 16.2. The fourth-order valence-corrected chi connectivity index (χ4v) is 1.24. The van der Waals surface area contributed by atoms with Gasteiger partial charge in [0.2, 0.25) is 0 Å². The topological polar surface area (TPSA) is 70.6 Å². The van der Waals surface area contributed by atoms with Crippen LogP contribution >= 0.6 is 24.0 Å². The second-order valence-corrected chi connectivity index (χ2v) is 4.00. The van der Waals surface area contributed by atoms with Crippen molar-refractivity contribution < 1.29 is 5.11 Å². The van der Waals surface area contributed by atoms with Crippen molar-refractivity contribution in [3.63, 3.8) is 0 Å². The van der Waals surface area contributed by atoms with E-state index in [1.54, 1.807) is 6.92 Å². The van der Waals surface area contributed by atoms with Crippen molar-refractivity contribution in [2.75, 3.05) is 11.9 Å². The maximum absolute atomic E-state index is 9.06. The van der Waals surface area contributed by atoms with Gasteiger partial charge in [-0.2, -0.15) is 0 Å². The van der Waals surface area contributed by atoms with E-state index in [9.17, 15) is 0 Å². The number of benzene rings is 1. The number of nitrogens with one attached hydrogen (secondary N) is 1. The van der Waals surface area contributed by atoms with Crippen LogP contribution in [-0.2, 0) is 0 Å². The predicted molar refractivity (Wildman–Crippen MR) is 83.1 cm³/mol. The summed E-state index contributed by atoms with van der Waals surface area (Å²) in [5.41, 5.74) is 9.02. The normalized spacial score (nSPS) is 12.8. The molecule has 0 radical (unpaired) electrons. The number of hydrogen-bond acceptors (Lipinski definition) is 2. The first-order valence-corrected chi connectivity index (χ1v) is 5.31. The number of aliphatic hydroxyl groups excluding tert-OH is 1. The maximum Gasteiger partial charge on any atom is 0.193 e. The lowest BCUT2D eigenvalue weighted by molar-refractivity contribution is 0.204. The molecule has 4 N–H and O–H groups in total. The monoisotopic (exact) mass is 349 g/mol. The molecule has 96 valence electrons. The number of aryl methyl sites for hydroxylation is 2. The summed E-state index contributed by atoms with van der Waals surface area (Å²) in [6.45, 7) is 6.09. The zero-order valence-corrected chi connectivity index (χ0v) is 12.7. The van der Waals surface area contributed by atoms with Crippen molar-refractivity contribution in [3.05, 3.63) is 29.3 Å². The standard InChI is InChI=1S/C12H19N3O.HI/c1-8-4-5-11(6-9(8)2)15-12(13)14-7-10(3)16;/h4-6,10,16H,7H2,1-3H3,(H3,13,14,15);1H. The van der Waals surface area contributed by atoms with Gasteiger partial charge in [0.1, 0.15) is 0 Å². The smallest absolute Gasteiger partial charge is 0.193 e. The Morgan fingerprint density at radius 2 is 2.06 bits per heavy atom. The number of hydrogen-bond donors (Lipinski definition) is 3. The zero-order chi connectivity index (χ0) is 12.1. The number of halogens is 1. The Hall–Kier alpha value is -0.820. The van der Waals surface area contributed by atoms with E-state index in [2.05, 4.69) is 17.2 Å². The minimum absolute atomic E-state index is 0. The van der Waals surface area contributed by atoms with E-state index in [0.717, 1.165) is 5.69 Å². The molecule has 0 aliphatic heterocycles. The van der Waals surface area contributed by atoms with Gasteiger partial charge in [-0.3, -0.25) is 4.99 Å². The summed E-state index contributed by atoms with van der Waals surface area (Å²) in [5, 5.41) is 12.0. The lowest BCUT2D eigenvalue weighted by Crippen LogP contribution is -2.24. The van der Waals surface area contributed by atoms with Gasteiger partial charge in [-0.15, -0.1) is 24.0 Å². The molecular formula is C12H20IN3O.